The van der Waals surface area contributed by atoms with E-state index in [0.29, 0.717) is 17.9 Å². The lowest BCUT2D eigenvalue weighted by molar-refractivity contribution is 0.0448. The van der Waals surface area contributed by atoms with Gasteiger partial charge in [-0.3, -0.25) is 4.98 Å². The van der Waals surface area contributed by atoms with E-state index in [1.807, 2.05) is 12.1 Å². The lowest BCUT2D eigenvalue weighted by Gasteiger charge is -2.24. The van der Waals surface area contributed by atoms with Crippen LogP contribution in [0.15, 0.2) is 36.5 Å². The molecule has 5 heteroatoms. The van der Waals surface area contributed by atoms with Gasteiger partial charge in [-0.1, -0.05) is 13.3 Å². The second-order valence-corrected chi connectivity index (χ2v) is 6.32. The fraction of sp³-hybridized carbons (Fsp3) is 0.429. The van der Waals surface area contributed by atoms with Gasteiger partial charge in [0.1, 0.15) is 11.4 Å². The maximum Gasteiger partial charge on any atom is 0.341 e. The minimum absolute atomic E-state index is 0.328. The summed E-state index contributed by atoms with van der Waals surface area (Å²) in [6, 6.07) is 9.62. The van der Waals surface area contributed by atoms with Gasteiger partial charge in [0.15, 0.2) is 6.10 Å². The first-order chi connectivity index (χ1) is 12.7. The van der Waals surface area contributed by atoms with Gasteiger partial charge < -0.3 is 14.4 Å². The molecular weight excluding hydrogens is 328 g/mol. The van der Waals surface area contributed by atoms with Crippen LogP contribution in [-0.4, -0.2) is 30.6 Å². The first kappa shape index (κ1) is 18.2. The highest BCUT2D eigenvalue weighted by molar-refractivity contribution is 5.94. The minimum Gasteiger partial charge on any atom is -0.493 e. The van der Waals surface area contributed by atoms with E-state index >= 15 is 0 Å². The molecule has 1 aromatic heterocycles. The van der Waals surface area contributed by atoms with E-state index in [-0.39, 0.29) is 5.97 Å². The Morgan fingerprint density at radius 1 is 1.19 bits per heavy atom. The SMILES string of the molecule is CCCCOc1cc(N(CC)CC)ccc1C1OC(=O)c2cccnc21. The molecule has 26 heavy (non-hydrogen) atoms. The third kappa shape index (κ3) is 3.52. The molecule has 1 atom stereocenters. The van der Waals surface area contributed by atoms with Crippen LogP contribution in [0.1, 0.15) is 61.3 Å². The molecular formula is C21H26N2O3. The number of fused-ring (bicyclic) bond motifs is 1. The van der Waals surface area contributed by atoms with Gasteiger partial charge in [-0.15, -0.1) is 0 Å². The van der Waals surface area contributed by atoms with Crippen LogP contribution in [0.25, 0.3) is 0 Å². The molecule has 0 saturated heterocycles. The Hall–Kier alpha value is -2.56. The Kier molecular flexibility index (Phi) is 5.76. The van der Waals surface area contributed by atoms with Gasteiger partial charge >= 0.3 is 5.97 Å². The number of carbonyl (C=O) groups excluding carboxylic acids is 1. The topological polar surface area (TPSA) is 51.7 Å². The van der Waals surface area contributed by atoms with Crippen molar-refractivity contribution in [2.75, 3.05) is 24.6 Å². The highest BCUT2D eigenvalue weighted by atomic mass is 16.6. The van der Waals surface area contributed by atoms with E-state index < -0.39 is 6.10 Å². The standard InChI is InChI=1S/C21H26N2O3/c1-4-7-13-25-18-14-15(23(5-2)6-3)10-11-16(18)20-19-17(21(24)26-20)9-8-12-22-19/h8-12,14,20H,4-7,13H2,1-3H3. The summed E-state index contributed by atoms with van der Waals surface area (Å²) in [7, 11) is 0. The molecule has 1 aromatic carbocycles. The number of nitrogens with zero attached hydrogens (tertiary/aromatic N) is 2. The average molecular weight is 354 g/mol. The van der Waals surface area contributed by atoms with Crippen molar-refractivity contribution in [2.45, 2.75) is 39.7 Å². The van der Waals surface area contributed by atoms with Crippen LogP contribution < -0.4 is 9.64 Å². The monoisotopic (exact) mass is 354 g/mol. The number of ether oxygens (including phenoxy) is 2. The number of benzene rings is 1. The molecule has 0 amide bonds. The molecule has 0 aliphatic carbocycles. The number of hydrogen-bond donors (Lipinski definition) is 0. The van der Waals surface area contributed by atoms with Gasteiger partial charge in [0.05, 0.1) is 12.2 Å². The summed E-state index contributed by atoms with van der Waals surface area (Å²) in [4.78, 5) is 18.8. The molecule has 2 aromatic rings. The van der Waals surface area contributed by atoms with Gasteiger partial charge in [0.2, 0.25) is 0 Å². The zero-order valence-corrected chi connectivity index (χ0v) is 15.7. The van der Waals surface area contributed by atoms with Crippen molar-refractivity contribution in [1.29, 1.82) is 0 Å². The van der Waals surface area contributed by atoms with Crippen molar-refractivity contribution in [3.63, 3.8) is 0 Å². The highest BCUT2D eigenvalue weighted by Crippen LogP contribution is 2.40. The lowest BCUT2D eigenvalue weighted by Crippen LogP contribution is -2.22. The Bertz CT molecular complexity index is 772. The minimum atomic E-state index is -0.513. The molecule has 2 heterocycles. The van der Waals surface area contributed by atoms with Crippen LogP contribution >= 0.6 is 0 Å². The summed E-state index contributed by atoms with van der Waals surface area (Å²) in [6.45, 7) is 8.89. The van der Waals surface area contributed by atoms with E-state index in [9.17, 15) is 4.79 Å². The Morgan fingerprint density at radius 2 is 2.00 bits per heavy atom. The fourth-order valence-electron chi connectivity index (χ4n) is 3.21. The lowest BCUT2D eigenvalue weighted by atomic mass is 10.0. The molecule has 1 aliphatic heterocycles. The maximum absolute atomic E-state index is 12.2. The van der Waals surface area contributed by atoms with Gasteiger partial charge in [0, 0.05) is 36.6 Å². The molecule has 0 bridgehead atoms. The maximum atomic E-state index is 12.2. The number of hydrogen-bond acceptors (Lipinski definition) is 5. The second-order valence-electron chi connectivity index (χ2n) is 6.32. The predicted molar refractivity (Wildman–Crippen MR) is 102 cm³/mol. The van der Waals surface area contributed by atoms with Crippen molar-refractivity contribution in [3.05, 3.63) is 53.3 Å². The number of pyridine rings is 1. The van der Waals surface area contributed by atoms with Crippen LogP contribution in [0.2, 0.25) is 0 Å². The average Bonchev–Trinajstić information content (AvgIpc) is 3.00. The summed E-state index contributed by atoms with van der Waals surface area (Å²) < 4.78 is 11.7. The summed E-state index contributed by atoms with van der Waals surface area (Å²) in [5.74, 6) is 0.435. The molecule has 0 N–H and O–H groups in total. The smallest absolute Gasteiger partial charge is 0.341 e. The Labute approximate surface area is 155 Å². The van der Waals surface area contributed by atoms with Gasteiger partial charge in [-0.2, -0.15) is 0 Å². The molecule has 0 radical (unpaired) electrons. The fourth-order valence-corrected chi connectivity index (χ4v) is 3.21. The number of anilines is 1. The molecule has 1 unspecified atom stereocenters. The zero-order chi connectivity index (χ0) is 18.5. The highest BCUT2D eigenvalue weighted by Gasteiger charge is 2.35. The third-order valence-electron chi connectivity index (χ3n) is 4.70. The van der Waals surface area contributed by atoms with E-state index in [4.69, 9.17) is 9.47 Å². The summed E-state index contributed by atoms with van der Waals surface area (Å²) >= 11 is 0. The number of rotatable bonds is 8. The summed E-state index contributed by atoms with van der Waals surface area (Å²) in [5.41, 5.74) is 3.15. The van der Waals surface area contributed by atoms with Crippen LogP contribution in [0.3, 0.4) is 0 Å². The van der Waals surface area contributed by atoms with Crippen molar-refractivity contribution in [3.8, 4) is 5.75 Å². The molecule has 0 saturated carbocycles. The molecule has 0 fully saturated rings. The summed E-state index contributed by atoms with van der Waals surface area (Å²) in [5, 5.41) is 0. The third-order valence-corrected chi connectivity index (χ3v) is 4.70. The molecule has 1 aliphatic rings. The molecule has 5 nitrogen and oxygen atoms in total. The van der Waals surface area contributed by atoms with Crippen molar-refractivity contribution in [2.24, 2.45) is 0 Å². The number of unbranched alkanes of at least 4 members (excludes halogenated alkanes) is 1. The normalized spacial score (nSPS) is 15.5. The van der Waals surface area contributed by atoms with Crippen molar-refractivity contribution >= 4 is 11.7 Å². The number of aromatic nitrogens is 1. The number of cyclic esters (lactones) is 1. The van der Waals surface area contributed by atoms with Crippen molar-refractivity contribution < 1.29 is 14.3 Å². The largest absolute Gasteiger partial charge is 0.493 e. The van der Waals surface area contributed by atoms with Gasteiger partial charge in [-0.05, 0) is 44.5 Å². The van der Waals surface area contributed by atoms with E-state index in [1.54, 1.807) is 18.3 Å². The van der Waals surface area contributed by atoms with Crippen LogP contribution in [0.5, 0.6) is 5.75 Å². The van der Waals surface area contributed by atoms with Gasteiger partial charge in [0.25, 0.3) is 0 Å². The van der Waals surface area contributed by atoms with Crippen LogP contribution in [0.4, 0.5) is 5.69 Å². The number of carbonyl (C=O) groups is 1. The van der Waals surface area contributed by atoms with Crippen LogP contribution in [0, 0.1) is 0 Å². The molecule has 138 valence electrons. The Balaban J connectivity index is 1.99. The quantitative estimate of drug-likeness (QED) is 0.520. The molecule has 0 spiro atoms. The zero-order valence-electron chi connectivity index (χ0n) is 15.7. The Morgan fingerprint density at radius 3 is 2.73 bits per heavy atom. The first-order valence-corrected chi connectivity index (χ1v) is 9.37. The first-order valence-electron chi connectivity index (χ1n) is 9.37. The van der Waals surface area contributed by atoms with E-state index in [1.165, 1.54) is 0 Å². The number of esters is 1. The van der Waals surface area contributed by atoms with E-state index in [2.05, 4.69) is 36.7 Å². The van der Waals surface area contributed by atoms with Crippen LogP contribution in [-0.2, 0) is 4.74 Å². The predicted octanol–water partition coefficient (Wildman–Crippen LogP) is 4.37. The molecule has 3 rings (SSSR count). The second kappa shape index (κ2) is 8.21. The summed E-state index contributed by atoms with van der Waals surface area (Å²) in [6.07, 6.45) is 3.22. The van der Waals surface area contributed by atoms with E-state index in [0.717, 1.165) is 42.9 Å². The van der Waals surface area contributed by atoms with Crippen molar-refractivity contribution in [1.82, 2.24) is 4.98 Å². The van der Waals surface area contributed by atoms with Gasteiger partial charge in [-0.25, -0.2) is 4.79 Å².